The first-order chi connectivity index (χ1) is 23.2. The number of carbonyl (C=O) groups excluding carboxylic acids is 2. The fraction of sp³-hybridized carbons (Fsp3) is 0.297. The second-order valence-corrected chi connectivity index (χ2v) is 14.0. The molecule has 48 heavy (non-hydrogen) atoms. The summed E-state index contributed by atoms with van der Waals surface area (Å²) in [5.41, 5.74) is 1.67. The smallest absolute Gasteiger partial charge is 0.264 e. The van der Waals surface area contributed by atoms with E-state index in [0.29, 0.717) is 11.3 Å². The van der Waals surface area contributed by atoms with Crippen LogP contribution >= 0.6 is 11.6 Å². The van der Waals surface area contributed by atoms with Gasteiger partial charge < -0.3 is 19.7 Å². The van der Waals surface area contributed by atoms with E-state index in [1.165, 1.54) is 30.2 Å². The number of sulfonamides is 1. The first kappa shape index (κ1) is 34.8. The lowest BCUT2D eigenvalue weighted by Gasteiger charge is -2.34. The Hall–Kier alpha value is -4.54. The van der Waals surface area contributed by atoms with Crippen molar-refractivity contribution in [2.75, 3.05) is 25.1 Å². The van der Waals surface area contributed by atoms with Gasteiger partial charge in [-0.1, -0.05) is 85.1 Å². The van der Waals surface area contributed by atoms with Crippen LogP contribution in [-0.4, -0.2) is 58.0 Å². The van der Waals surface area contributed by atoms with Crippen LogP contribution in [0.5, 0.6) is 11.5 Å². The van der Waals surface area contributed by atoms with Crippen molar-refractivity contribution in [3.05, 3.63) is 119 Å². The minimum Gasteiger partial charge on any atom is -0.497 e. The fourth-order valence-corrected chi connectivity index (χ4v) is 7.58. The Balaban J connectivity index is 1.61. The molecule has 1 N–H and O–H groups in total. The summed E-state index contributed by atoms with van der Waals surface area (Å²) in [7, 11) is -1.34. The molecule has 0 aliphatic heterocycles. The molecule has 0 aromatic heterocycles. The molecule has 5 rings (SSSR count). The van der Waals surface area contributed by atoms with Crippen LogP contribution in [-0.2, 0) is 32.6 Å². The minimum atomic E-state index is -4.31. The Labute approximate surface area is 287 Å². The molecule has 0 spiro atoms. The number of nitrogens with one attached hydrogen (secondary N) is 1. The molecule has 0 unspecified atom stereocenters. The largest absolute Gasteiger partial charge is 0.497 e. The molecule has 1 saturated carbocycles. The molecule has 4 aromatic rings. The van der Waals surface area contributed by atoms with Gasteiger partial charge in [-0.15, -0.1) is 0 Å². The van der Waals surface area contributed by atoms with Crippen molar-refractivity contribution in [2.45, 2.75) is 55.6 Å². The summed E-state index contributed by atoms with van der Waals surface area (Å²) in [6, 6.07) is 28.2. The highest BCUT2D eigenvalue weighted by Crippen LogP contribution is 2.35. The van der Waals surface area contributed by atoms with Gasteiger partial charge in [-0.05, 0) is 66.4 Å². The van der Waals surface area contributed by atoms with Crippen LogP contribution in [0.3, 0.4) is 0 Å². The molecule has 9 nitrogen and oxygen atoms in total. The lowest BCUT2D eigenvalue weighted by atomic mass is 10.0. The van der Waals surface area contributed by atoms with E-state index in [2.05, 4.69) is 5.32 Å². The molecule has 0 radical (unpaired) electrons. The zero-order valence-corrected chi connectivity index (χ0v) is 28.6. The summed E-state index contributed by atoms with van der Waals surface area (Å²) in [4.78, 5) is 30.4. The van der Waals surface area contributed by atoms with Gasteiger partial charge in [0.05, 0.1) is 24.8 Å². The summed E-state index contributed by atoms with van der Waals surface area (Å²) in [6.45, 7) is -0.600. The van der Waals surface area contributed by atoms with E-state index >= 15 is 0 Å². The second kappa shape index (κ2) is 16.0. The number of rotatable bonds is 14. The lowest BCUT2D eigenvalue weighted by Crippen LogP contribution is -2.54. The lowest BCUT2D eigenvalue weighted by molar-refractivity contribution is -0.140. The maximum Gasteiger partial charge on any atom is 0.264 e. The van der Waals surface area contributed by atoms with Crippen LogP contribution in [0.15, 0.2) is 108 Å². The number of amides is 2. The zero-order chi connectivity index (χ0) is 34.1. The van der Waals surface area contributed by atoms with Gasteiger partial charge in [0.15, 0.2) is 0 Å². The van der Waals surface area contributed by atoms with Crippen molar-refractivity contribution in [1.29, 1.82) is 0 Å². The molecule has 1 aliphatic rings. The summed E-state index contributed by atoms with van der Waals surface area (Å²) in [5, 5.41) is 3.44. The highest BCUT2D eigenvalue weighted by molar-refractivity contribution is 7.92. The average molecular weight is 690 g/mol. The standard InChI is InChI=1S/C37H40ClN3O6S/c1-46-31-17-11-14-28(22-31)25-40(34(23-27-12-5-3-6-13-27)37(43)39-30-15-9-10-16-30)36(42)26-41(33-24-29(38)20-21-35(33)47-2)48(44,45)32-18-7-4-8-19-32/h3-8,11-14,17-22,24,30,34H,9-10,15-16,23,25-26H2,1-2H3,(H,39,43)/t34-/m0/s1. The summed E-state index contributed by atoms with van der Waals surface area (Å²) < 4.78 is 40.6. The SMILES string of the molecule is COc1cccc(CN(C(=O)CN(c2cc(Cl)ccc2OC)S(=O)(=O)c2ccccc2)[C@@H](Cc2ccccc2)C(=O)NC2CCCC2)c1. The highest BCUT2D eigenvalue weighted by atomic mass is 35.5. The molecule has 1 fully saturated rings. The van der Waals surface area contributed by atoms with Gasteiger partial charge in [-0.3, -0.25) is 13.9 Å². The van der Waals surface area contributed by atoms with Crippen LogP contribution in [0.25, 0.3) is 0 Å². The molecule has 1 atom stereocenters. The van der Waals surface area contributed by atoms with Gasteiger partial charge >= 0.3 is 0 Å². The van der Waals surface area contributed by atoms with Crippen LogP contribution in [0, 0.1) is 0 Å². The maximum absolute atomic E-state index is 14.8. The van der Waals surface area contributed by atoms with Crippen LogP contribution in [0.1, 0.15) is 36.8 Å². The van der Waals surface area contributed by atoms with Crippen molar-refractivity contribution < 1.29 is 27.5 Å². The van der Waals surface area contributed by atoms with Gasteiger partial charge in [0.1, 0.15) is 24.1 Å². The van der Waals surface area contributed by atoms with E-state index in [1.807, 2.05) is 42.5 Å². The van der Waals surface area contributed by atoms with Gasteiger partial charge in [0.25, 0.3) is 10.0 Å². The number of carbonyl (C=O) groups is 2. The van der Waals surface area contributed by atoms with Gasteiger partial charge in [0, 0.05) is 24.0 Å². The number of methoxy groups -OCH3 is 2. The Morgan fingerprint density at radius 2 is 1.52 bits per heavy atom. The Morgan fingerprint density at radius 1 is 0.854 bits per heavy atom. The third-order valence-electron chi connectivity index (χ3n) is 8.48. The van der Waals surface area contributed by atoms with E-state index in [9.17, 15) is 18.0 Å². The van der Waals surface area contributed by atoms with E-state index in [4.69, 9.17) is 21.1 Å². The average Bonchev–Trinajstić information content (AvgIpc) is 3.62. The number of anilines is 1. The van der Waals surface area contributed by atoms with Crippen molar-refractivity contribution >= 4 is 39.1 Å². The molecule has 4 aromatic carbocycles. The van der Waals surface area contributed by atoms with E-state index in [1.54, 1.807) is 49.6 Å². The Bertz CT molecular complexity index is 1800. The summed E-state index contributed by atoms with van der Waals surface area (Å²) in [6.07, 6.45) is 4.00. The molecular weight excluding hydrogens is 650 g/mol. The maximum atomic E-state index is 14.8. The van der Waals surface area contributed by atoms with E-state index < -0.39 is 28.5 Å². The third-order valence-corrected chi connectivity index (χ3v) is 10.5. The first-order valence-corrected chi connectivity index (χ1v) is 17.7. The van der Waals surface area contributed by atoms with E-state index in [-0.39, 0.29) is 46.3 Å². The molecular formula is C37H40ClN3O6S. The van der Waals surface area contributed by atoms with Gasteiger partial charge in [0.2, 0.25) is 11.8 Å². The summed E-state index contributed by atoms with van der Waals surface area (Å²) in [5.74, 6) is -0.0700. The number of benzene rings is 4. The predicted octanol–water partition coefficient (Wildman–Crippen LogP) is 6.25. The van der Waals surface area contributed by atoms with Crippen molar-refractivity contribution in [3.8, 4) is 11.5 Å². The molecule has 11 heteroatoms. The van der Waals surface area contributed by atoms with Crippen molar-refractivity contribution in [2.24, 2.45) is 0 Å². The van der Waals surface area contributed by atoms with Crippen LogP contribution < -0.4 is 19.1 Å². The number of hydrogen-bond acceptors (Lipinski definition) is 6. The number of nitrogens with zero attached hydrogens (tertiary/aromatic N) is 2. The molecule has 252 valence electrons. The molecule has 0 saturated heterocycles. The molecule has 0 bridgehead atoms. The van der Waals surface area contributed by atoms with Crippen LogP contribution in [0.2, 0.25) is 5.02 Å². The molecule has 1 aliphatic carbocycles. The normalized spacial score (nSPS) is 13.8. The minimum absolute atomic E-state index is 0.00947. The molecule has 2 amide bonds. The van der Waals surface area contributed by atoms with Gasteiger partial charge in [-0.25, -0.2) is 8.42 Å². The topological polar surface area (TPSA) is 105 Å². The summed E-state index contributed by atoms with van der Waals surface area (Å²) >= 11 is 6.38. The monoisotopic (exact) mass is 689 g/mol. The number of ether oxygens (including phenoxy) is 2. The first-order valence-electron chi connectivity index (χ1n) is 15.9. The number of halogens is 1. The predicted molar refractivity (Wildman–Crippen MR) is 187 cm³/mol. The van der Waals surface area contributed by atoms with Crippen molar-refractivity contribution in [3.63, 3.8) is 0 Å². The fourth-order valence-electron chi connectivity index (χ4n) is 5.98. The third kappa shape index (κ3) is 8.48. The number of hydrogen-bond donors (Lipinski definition) is 1. The Kier molecular flexibility index (Phi) is 11.6. The van der Waals surface area contributed by atoms with Gasteiger partial charge in [-0.2, -0.15) is 0 Å². The second-order valence-electron chi connectivity index (χ2n) is 11.7. The zero-order valence-electron chi connectivity index (χ0n) is 27.0. The van der Waals surface area contributed by atoms with E-state index in [0.717, 1.165) is 35.6 Å². The van der Waals surface area contributed by atoms with Crippen molar-refractivity contribution in [1.82, 2.24) is 10.2 Å². The Morgan fingerprint density at radius 3 is 2.19 bits per heavy atom. The quantitative estimate of drug-likeness (QED) is 0.168. The highest BCUT2D eigenvalue weighted by Gasteiger charge is 2.36. The van der Waals surface area contributed by atoms with Crippen LogP contribution in [0.4, 0.5) is 5.69 Å². The molecule has 0 heterocycles.